The van der Waals surface area contributed by atoms with E-state index in [4.69, 9.17) is 24.4 Å². The molecule has 1 saturated carbocycles. The Morgan fingerprint density at radius 1 is 1.00 bits per heavy atom. The summed E-state index contributed by atoms with van der Waals surface area (Å²) in [6.45, 7) is 5.91. The van der Waals surface area contributed by atoms with Gasteiger partial charge in [-0.15, -0.1) is 0 Å². The molecule has 0 radical (unpaired) electrons. The third kappa shape index (κ3) is 9.77. The first kappa shape index (κ1) is 23.9. The van der Waals surface area contributed by atoms with Crippen LogP contribution < -0.4 is 21.3 Å². The van der Waals surface area contributed by atoms with Gasteiger partial charge in [-0.25, -0.2) is 0 Å². The molecule has 0 spiro atoms. The van der Waals surface area contributed by atoms with Crippen LogP contribution in [-0.4, -0.2) is 22.3 Å². The van der Waals surface area contributed by atoms with Gasteiger partial charge in [-0.1, -0.05) is 70.2 Å². The van der Waals surface area contributed by atoms with E-state index < -0.39 is 0 Å². The Balaban J connectivity index is 1.72. The monoisotopic (exact) mass is 434 g/mol. The molecule has 1 aromatic rings. The van der Waals surface area contributed by atoms with E-state index >= 15 is 0 Å². The Bertz CT molecular complexity index is 629. The van der Waals surface area contributed by atoms with E-state index in [9.17, 15) is 0 Å². The van der Waals surface area contributed by atoms with E-state index in [1.807, 2.05) is 0 Å². The van der Waals surface area contributed by atoms with Crippen molar-refractivity contribution in [2.75, 3.05) is 0 Å². The summed E-state index contributed by atoms with van der Waals surface area (Å²) in [6.07, 6.45) is 11.2. The topological polar surface area (TPSA) is 48.1 Å². The molecule has 0 saturated heterocycles. The van der Waals surface area contributed by atoms with Crippen LogP contribution >= 0.6 is 24.4 Å². The Hall–Kier alpha value is -1.40. The maximum Gasteiger partial charge on any atom is 0.166 e. The van der Waals surface area contributed by atoms with Gasteiger partial charge in [0.1, 0.15) is 0 Å². The molecule has 0 bridgehead atoms. The van der Waals surface area contributed by atoms with Gasteiger partial charge in [-0.3, -0.25) is 0 Å². The fourth-order valence-electron chi connectivity index (χ4n) is 3.76. The predicted octanol–water partition coefficient (Wildman–Crippen LogP) is 4.92. The predicted molar refractivity (Wildman–Crippen MR) is 132 cm³/mol. The summed E-state index contributed by atoms with van der Waals surface area (Å²) in [4.78, 5) is 0. The number of thiocarbonyl (C=S) groups is 2. The Morgan fingerprint density at radius 2 is 1.66 bits per heavy atom. The van der Waals surface area contributed by atoms with E-state index in [1.54, 1.807) is 0 Å². The first-order chi connectivity index (χ1) is 14.1. The Kier molecular flexibility index (Phi) is 11.3. The highest BCUT2D eigenvalue weighted by Crippen LogP contribution is 2.17. The molecule has 0 aliphatic heterocycles. The van der Waals surface area contributed by atoms with Gasteiger partial charge in [-0.05, 0) is 61.2 Å². The normalized spacial score (nSPS) is 15.4. The van der Waals surface area contributed by atoms with Crippen molar-refractivity contribution in [3.05, 3.63) is 35.4 Å². The third-order valence-corrected chi connectivity index (χ3v) is 6.10. The second-order valence-electron chi connectivity index (χ2n) is 8.06. The standard InChI is InChI=1S/C23H38N4S2/c1-3-5-12-20(4-2)26-22(28)24-16-18-10-9-11-19(15-18)17-25-23(29)27-21-13-7-6-8-14-21/h9-11,15,20-21H,3-8,12-14,16-17H2,1-2H3,(H2,24,26,28)(H2,25,27,29). The van der Waals surface area contributed by atoms with Crippen molar-refractivity contribution in [1.29, 1.82) is 0 Å². The summed E-state index contributed by atoms with van der Waals surface area (Å²) in [6, 6.07) is 9.57. The van der Waals surface area contributed by atoms with Gasteiger partial charge in [-0.2, -0.15) is 0 Å². The lowest BCUT2D eigenvalue weighted by molar-refractivity contribution is 0.412. The summed E-state index contributed by atoms with van der Waals surface area (Å²) in [5, 5.41) is 15.1. The number of hydrogen-bond acceptors (Lipinski definition) is 2. The zero-order valence-electron chi connectivity index (χ0n) is 18.1. The van der Waals surface area contributed by atoms with Gasteiger partial charge < -0.3 is 21.3 Å². The van der Waals surface area contributed by atoms with E-state index in [-0.39, 0.29) is 0 Å². The third-order valence-electron chi connectivity index (χ3n) is 5.57. The molecule has 1 unspecified atom stereocenters. The van der Waals surface area contributed by atoms with Crippen molar-refractivity contribution in [2.45, 2.75) is 96.8 Å². The molecule has 1 atom stereocenters. The molecule has 2 rings (SSSR count). The smallest absolute Gasteiger partial charge is 0.166 e. The lowest BCUT2D eigenvalue weighted by atomic mass is 9.96. The molecule has 1 aliphatic carbocycles. The van der Waals surface area contributed by atoms with Crippen LogP contribution in [0.25, 0.3) is 0 Å². The van der Waals surface area contributed by atoms with Crippen molar-refractivity contribution in [3.63, 3.8) is 0 Å². The van der Waals surface area contributed by atoms with Crippen LogP contribution in [0.3, 0.4) is 0 Å². The molecule has 0 heterocycles. The summed E-state index contributed by atoms with van der Waals surface area (Å²) < 4.78 is 0. The average molecular weight is 435 g/mol. The van der Waals surface area contributed by atoms with Gasteiger partial charge >= 0.3 is 0 Å². The number of benzene rings is 1. The lowest BCUT2D eigenvalue weighted by Crippen LogP contribution is -2.42. The largest absolute Gasteiger partial charge is 0.360 e. The van der Waals surface area contributed by atoms with Crippen molar-refractivity contribution in [1.82, 2.24) is 21.3 Å². The summed E-state index contributed by atoms with van der Waals surface area (Å²) in [5.74, 6) is 0. The summed E-state index contributed by atoms with van der Waals surface area (Å²) in [7, 11) is 0. The molecule has 0 amide bonds. The first-order valence-electron chi connectivity index (χ1n) is 11.3. The molecule has 0 aromatic heterocycles. The molecule has 162 valence electrons. The molecule has 4 N–H and O–H groups in total. The molecular formula is C23H38N4S2. The van der Waals surface area contributed by atoms with E-state index in [0.29, 0.717) is 12.1 Å². The number of nitrogens with one attached hydrogen (secondary N) is 4. The minimum absolute atomic E-state index is 0.461. The molecule has 1 fully saturated rings. The van der Waals surface area contributed by atoms with Crippen LogP contribution in [0.4, 0.5) is 0 Å². The number of hydrogen-bond donors (Lipinski definition) is 4. The van der Waals surface area contributed by atoms with Crippen LogP contribution in [0.5, 0.6) is 0 Å². The van der Waals surface area contributed by atoms with Crippen LogP contribution in [-0.2, 0) is 13.1 Å². The van der Waals surface area contributed by atoms with Gasteiger partial charge in [0.2, 0.25) is 0 Å². The minimum Gasteiger partial charge on any atom is -0.360 e. The second kappa shape index (κ2) is 13.8. The van der Waals surface area contributed by atoms with Crippen molar-refractivity contribution in [3.8, 4) is 0 Å². The molecule has 29 heavy (non-hydrogen) atoms. The van der Waals surface area contributed by atoms with Crippen molar-refractivity contribution < 1.29 is 0 Å². The van der Waals surface area contributed by atoms with Crippen LogP contribution in [0.15, 0.2) is 24.3 Å². The van der Waals surface area contributed by atoms with Crippen molar-refractivity contribution in [2.24, 2.45) is 0 Å². The molecule has 4 nitrogen and oxygen atoms in total. The molecule has 1 aromatic carbocycles. The van der Waals surface area contributed by atoms with Crippen LogP contribution in [0, 0.1) is 0 Å². The van der Waals surface area contributed by atoms with Gasteiger partial charge in [0.05, 0.1) is 0 Å². The quantitative estimate of drug-likeness (QED) is 0.392. The summed E-state index contributed by atoms with van der Waals surface area (Å²) in [5.41, 5.74) is 2.45. The Morgan fingerprint density at radius 3 is 2.28 bits per heavy atom. The highest BCUT2D eigenvalue weighted by Gasteiger charge is 2.13. The zero-order valence-corrected chi connectivity index (χ0v) is 19.7. The Labute approximate surface area is 188 Å². The fraction of sp³-hybridized carbons (Fsp3) is 0.652. The fourth-order valence-corrected chi connectivity index (χ4v) is 4.24. The number of unbranched alkanes of at least 4 members (excludes halogenated alkanes) is 1. The van der Waals surface area contributed by atoms with Gasteiger partial charge in [0.15, 0.2) is 10.2 Å². The highest BCUT2D eigenvalue weighted by molar-refractivity contribution is 7.80. The molecular weight excluding hydrogens is 396 g/mol. The number of rotatable bonds is 10. The van der Waals surface area contributed by atoms with Gasteiger partial charge in [0.25, 0.3) is 0 Å². The minimum atomic E-state index is 0.461. The lowest BCUT2D eigenvalue weighted by Gasteiger charge is -2.24. The van der Waals surface area contributed by atoms with E-state index in [1.165, 1.54) is 62.5 Å². The van der Waals surface area contributed by atoms with Crippen molar-refractivity contribution >= 4 is 34.7 Å². The highest BCUT2D eigenvalue weighted by atomic mass is 32.1. The van der Waals surface area contributed by atoms with Crippen LogP contribution in [0.2, 0.25) is 0 Å². The second-order valence-corrected chi connectivity index (χ2v) is 8.87. The molecule has 6 heteroatoms. The molecule has 1 aliphatic rings. The van der Waals surface area contributed by atoms with E-state index in [2.05, 4.69) is 59.4 Å². The van der Waals surface area contributed by atoms with Crippen LogP contribution in [0.1, 0.15) is 82.8 Å². The van der Waals surface area contributed by atoms with E-state index in [0.717, 1.165) is 29.7 Å². The summed E-state index contributed by atoms with van der Waals surface area (Å²) >= 11 is 11.0. The maximum absolute atomic E-state index is 5.48. The van der Waals surface area contributed by atoms with Gasteiger partial charge in [0, 0.05) is 25.2 Å². The SMILES string of the molecule is CCCCC(CC)NC(=S)NCc1cccc(CNC(=S)NC2CCCCC2)c1. The first-order valence-corrected chi connectivity index (χ1v) is 12.1. The maximum atomic E-state index is 5.48. The average Bonchev–Trinajstić information content (AvgIpc) is 2.74. The zero-order chi connectivity index (χ0) is 20.9.